The molecule has 0 bridgehead atoms. The molecule has 1 aliphatic heterocycles. The van der Waals surface area contributed by atoms with E-state index in [0.29, 0.717) is 0 Å². The lowest BCUT2D eigenvalue weighted by Gasteiger charge is -2.32. The van der Waals surface area contributed by atoms with Gasteiger partial charge in [-0.3, -0.25) is 9.13 Å². The minimum Gasteiger partial charge on any atom is -0.387 e. The van der Waals surface area contributed by atoms with Gasteiger partial charge in [-0.05, 0) is 6.07 Å². The maximum atomic E-state index is 14.6. The van der Waals surface area contributed by atoms with Crippen molar-refractivity contribution in [2.24, 2.45) is 0 Å². The van der Waals surface area contributed by atoms with Crippen LogP contribution in [-0.2, 0) is 18.3 Å². The fourth-order valence-corrected chi connectivity index (χ4v) is 4.15. The number of hydrogen-bond acceptors (Lipinski definition) is 8. The number of aromatic nitrogens is 2. The highest BCUT2D eigenvalue weighted by Crippen LogP contribution is 2.56. The second-order valence-corrected chi connectivity index (χ2v) is 8.32. The van der Waals surface area contributed by atoms with Gasteiger partial charge in [0.15, 0.2) is 12.4 Å². The van der Waals surface area contributed by atoms with Crippen molar-refractivity contribution in [2.45, 2.75) is 36.4 Å². The molecule has 0 aliphatic carbocycles. The summed E-state index contributed by atoms with van der Waals surface area (Å²) < 4.78 is 56.6. The molecule has 2 heterocycles. The average molecular weight is 418 g/mol. The maximum Gasteiger partial charge on any atom is 0.364 e. The first kappa shape index (κ1) is 21.2. The van der Waals surface area contributed by atoms with Crippen LogP contribution in [0.4, 0.5) is 14.6 Å². The smallest absolute Gasteiger partial charge is 0.364 e. The molecule has 0 radical (unpaired) electrons. The summed E-state index contributed by atoms with van der Waals surface area (Å²) in [5, 5.41) is 10.3. The van der Waals surface area contributed by atoms with Gasteiger partial charge in [0.25, 0.3) is 0 Å². The molecule has 5 atom stereocenters. The Morgan fingerprint density at radius 1 is 1.58 bits per heavy atom. The number of aliphatic hydroxyl groups is 1. The highest BCUT2D eigenvalue weighted by molar-refractivity contribution is 7.54. The van der Waals surface area contributed by atoms with E-state index in [1.807, 2.05) is 0 Å². The van der Waals surface area contributed by atoms with Crippen LogP contribution in [0.1, 0.15) is 12.6 Å². The van der Waals surface area contributed by atoms with Crippen LogP contribution < -0.4 is 11.4 Å². The number of rotatable bonds is 7. The number of nitrogen functional groups attached to an aromatic ring is 1. The zero-order chi connectivity index (χ0) is 19.7. The highest BCUT2D eigenvalue weighted by Gasteiger charge is 2.58. The Morgan fingerprint density at radius 3 is 2.69 bits per heavy atom. The summed E-state index contributed by atoms with van der Waals surface area (Å²) in [5.41, 5.74) is 2.48. The predicted octanol–water partition coefficient (Wildman–Crippen LogP) is 1.20. The van der Waals surface area contributed by atoms with Gasteiger partial charge >= 0.3 is 13.3 Å². The monoisotopic (exact) mass is 417 g/mol. The number of anilines is 1. The van der Waals surface area contributed by atoms with Crippen LogP contribution in [0, 0.1) is 0 Å². The van der Waals surface area contributed by atoms with Crippen molar-refractivity contribution in [1.82, 2.24) is 9.55 Å². The Bertz CT molecular complexity index is 747. The maximum absolute atomic E-state index is 14.6. The number of aliphatic hydroxyl groups excluding tert-OH is 1. The number of halogens is 3. The molecule has 0 unspecified atom stereocenters. The minimum absolute atomic E-state index is 0.0891. The Labute approximate surface area is 152 Å². The lowest BCUT2D eigenvalue weighted by Crippen LogP contribution is -2.46. The van der Waals surface area contributed by atoms with Crippen molar-refractivity contribution in [2.75, 3.05) is 25.8 Å². The van der Waals surface area contributed by atoms with E-state index in [2.05, 4.69) is 14.0 Å². The molecule has 9 nitrogen and oxygen atoms in total. The molecule has 1 aliphatic rings. The van der Waals surface area contributed by atoms with E-state index in [1.165, 1.54) is 6.07 Å². The third-order valence-corrected chi connectivity index (χ3v) is 6.53. The zero-order valence-electron chi connectivity index (χ0n) is 13.9. The summed E-state index contributed by atoms with van der Waals surface area (Å²) in [6, 6.07) is 1.23. The number of ether oxygens (including phenoxy) is 1. The van der Waals surface area contributed by atoms with Gasteiger partial charge in [-0.1, -0.05) is 0 Å². The molecule has 0 amide bonds. The van der Waals surface area contributed by atoms with E-state index >= 15 is 0 Å². The number of hydrogen-bond donors (Lipinski definition) is 2. The minimum atomic E-state index is -4.17. The van der Waals surface area contributed by atoms with Crippen molar-refractivity contribution >= 4 is 25.0 Å². The van der Waals surface area contributed by atoms with Crippen LogP contribution in [0.25, 0.3) is 0 Å². The molecule has 0 saturated carbocycles. The van der Waals surface area contributed by atoms with Gasteiger partial charge in [-0.25, -0.2) is 13.6 Å². The van der Waals surface area contributed by atoms with E-state index in [1.54, 1.807) is 0 Å². The van der Waals surface area contributed by atoms with E-state index in [9.17, 15) is 23.2 Å². The van der Waals surface area contributed by atoms with E-state index in [4.69, 9.17) is 22.1 Å². The van der Waals surface area contributed by atoms with Crippen LogP contribution in [0.3, 0.4) is 0 Å². The lowest BCUT2D eigenvalue weighted by atomic mass is 9.94. The second-order valence-electron chi connectivity index (χ2n) is 5.68. The summed E-state index contributed by atoms with van der Waals surface area (Å²) in [7, 11) is -2.21. The molecule has 0 aromatic carbocycles. The van der Waals surface area contributed by atoms with Crippen LogP contribution in [-0.4, -0.2) is 58.5 Å². The molecule has 0 spiro atoms. The van der Waals surface area contributed by atoms with Crippen LogP contribution in [0.15, 0.2) is 17.1 Å². The van der Waals surface area contributed by atoms with Gasteiger partial charge in [0, 0.05) is 26.8 Å². The van der Waals surface area contributed by atoms with Gasteiger partial charge in [0.2, 0.25) is 5.91 Å². The molecular formula is C13H19ClF2N3O6P. The Balaban J connectivity index is 2.35. The Hall–Kier alpha value is -1.10. The summed E-state index contributed by atoms with van der Waals surface area (Å²) in [6.45, 7) is 0. The van der Waals surface area contributed by atoms with E-state index in [-0.39, 0.29) is 5.82 Å². The first-order chi connectivity index (χ1) is 12.1. The summed E-state index contributed by atoms with van der Waals surface area (Å²) in [5.74, 6) is -2.89. The molecule has 1 aromatic heterocycles. The molecule has 2 rings (SSSR count). The van der Waals surface area contributed by atoms with Crippen LogP contribution in [0.2, 0.25) is 0 Å². The predicted molar refractivity (Wildman–Crippen MR) is 88.5 cm³/mol. The zero-order valence-corrected chi connectivity index (χ0v) is 15.6. The number of alkyl halides is 3. The average Bonchev–Trinajstić information content (AvgIpc) is 2.86. The van der Waals surface area contributed by atoms with E-state index in [0.717, 1.165) is 25.0 Å². The molecule has 26 heavy (non-hydrogen) atoms. The Kier molecular flexibility index (Phi) is 6.42. The van der Waals surface area contributed by atoms with Gasteiger partial charge in [-0.15, -0.1) is 11.6 Å². The van der Waals surface area contributed by atoms with Crippen molar-refractivity contribution < 1.29 is 32.2 Å². The summed E-state index contributed by atoms with van der Waals surface area (Å²) in [6.07, 6.45) is -5.32. The van der Waals surface area contributed by atoms with Crippen molar-refractivity contribution in [3.8, 4) is 0 Å². The topological polar surface area (TPSA) is 126 Å². The fraction of sp³-hybridized carbons (Fsp3) is 0.692. The molecule has 1 aromatic rings. The number of nitrogens with two attached hydrogens (primary N) is 1. The highest BCUT2D eigenvalue weighted by atomic mass is 35.5. The van der Waals surface area contributed by atoms with Crippen LogP contribution in [0.5, 0.6) is 0 Å². The molecule has 1 saturated heterocycles. The van der Waals surface area contributed by atoms with Crippen LogP contribution >= 0.6 is 19.2 Å². The first-order valence-corrected chi connectivity index (χ1v) is 9.54. The molecule has 13 heteroatoms. The van der Waals surface area contributed by atoms with Crippen molar-refractivity contribution in [1.29, 1.82) is 0 Å². The molecule has 3 N–H and O–H groups in total. The van der Waals surface area contributed by atoms with Gasteiger partial charge in [0.1, 0.15) is 17.5 Å². The van der Waals surface area contributed by atoms with Crippen molar-refractivity contribution in [3.05, 3.63) is 22.7 Å². The normalized spacial score (nSPS) is 30.5. The Morgan fingerprint density at radius 2 is 2.19 bits per heavy atom. The molecular weight excluding hydrogens is 399 g/mol. The fourth-order valence-electron chi connectivity index (χ4n) is 2.69. The first-order valence-electron chi connectivity index (χ1n) is 7.40. The van der Waals surface area contributed by atoms with Crippen molar-refractivity contribution in [3.63, 3.8) is 0 Å². The summed E-state index contributed by atoms with van der Waals surface area (Å²) in [4.78, 5) is 15.3. The quantitative estimate of drug-likeness (QED) is 0.500. The van der Waals surface area contributed by atoms with E-state index < -0.39 is 55.6 Å². The SMILES string of the molecule is COP(=O)(OC)[C@@H](F)C[C@@]1(CCl)O[C@@H](n2ccc(N)nc2=O)[C@H](F)[C@@H]1O. The van der Waals surface area contributed by atoms with Gasteiger partial charge in [0.05, 0.1) is 5.88 Å². The van der Waals surface area contributed by atoms with Gasteiger partial charge < -0.3 is 24.6 Å². The second kappa shape index (κ2) is 7.87. The standard InChI is InChI=1S/C13H19ClF2N3O6P/c1-23-26(22,24-2)7(15)5-13(6-14)10(20)9(16)11(25-13)19-4-3-8(17)18-12(19)21/h3-4,7,9-11,20H,5-6H2,1-2H3,(H2,17,18,21)/t7-,9-,10+,11-,13+/m1/s1. The van der Waals surface area contributed by atoms with Gasteiger partial charge in [-0.2, -0.15) is 4.98 Å². The lowest BCUT2D eigenvalue weighted by molar-refractivity contribution is -0.100. The third kappa shape index (κ3) is 3.64. The third-order valence-electron chi connectivity index (χ3n) is 4.19. The molecule has 148 valence electrons. The summed E-state index contributed by atoms with van der Waals surface area (Å²) >= 11 is 5.81. The molecule has 1 fully saturated rings. The number of nitrogens with zero attached hydrogens (tertiary/aromatic N) is 2. The largest absolute Gasteiger partial charge is 0.387 e.